The van der Waals surface area contributed by atoms with Gasteiger partial charge in [0, 0.05) is 26.1 Å². The highest BCUT2D eigenvalue weighted by Gasteiger charge is 2.33. The minimum absolute atomic E-state index is 0.0745. The van der Waals surface area contributed by atoms with Crippen LogP contribution in [0.15, 0.2) is 78.9 Å². The SMILES string of the molecule is COC(=O)c1ccc(CN(CCc2ccccc2)C(=O)C2Cc3ccccc3CN2C=O)cc1. The van der Waals surface area contributed by atoms with Crippen LogP contribution in [0.25, 0.3) is 0 Å². The third kappa shape index (κ3) is 5.34. The molecule has 0 aromatic heterocycles. The first-order valence-corrected chi connectivity index (χ1v) is 11.4. The van der Waals surface area contributed by atoms with Gasteiger partial charge in [-0.25, -0.2) is 4.79 Å². The Morgan fingerprint density at radius 3 is 2.29 bits per heavy atom. The first-order valence-electron chi connectivity index (χ1n) is 11.4. The number of ether oxygens (including phenoxy) is 1. The average Bonchev–Trinajstić information content (AvgIpc) is 2.90. The topological polar surface area (TPSA) is 66.9 Å². The van der Waals surface area contributed by atoms with Crippen molar-refractivity contribution in [1.29, 1.82) is 0 Å². The second-order valence-corrected chi connectivity index (χ2v) is 8.45. The number of carbonyl (C=O) groups excluding carboxylic acids is 3. The second kappa shape index (κ2) is 10.8. The van der Waals surface area contributed by atoms with E-state index in [4.69, 9.17) is 4.74 Å². The van der Waals surface area contributed by atoms with Gasteiger partial charge in [-0.3, -0.25) is 9.59 Å². The fourth-order valence-corrected chi connectivity index (χ4v) is 4.35. The summed E-state index contributed by atoms with van der Waals surface area (Å²) < 4.78 is 4.77. The van der Waals surface area contributed by atoms with E-state index in [1.165, 1.54) is 7.11 Å². The molecule has 6 nitrogen and oxygen atoms in total. The van der Waals surface area contributed by atoms with E-state index < -0.39 is 12.0 Å². The number of benzene rings is 3. The van der Waals surface area contributed by atoms with Crippen LogP contribution in [0.3, 0.4) is 0 Å². The van der Waals surface area contributed by atoms with Crippen LogP contribution in [-0.4, -0.2) is 47.8 Å². The molecule has 0 saturated heterocycles. The minimum Gasteiger partial charge on any atom is -0.465 e. The molecule has 6 heteroatoms. The van der Waals surface area contributed by atoms with Gasteiger partial charge in [-0.05, 0) is 40.8 Å². The summed E-state index contributed by atoms with van der Waals surface area (Å²) in [6, 6.07) is 24.5. The normalized spacial score (nSPS) is 14.7. The van der Waals surface area contributed by atoms with Gasteiger partial charge in [0.2, 0.25) is 12.3 Å². The molecule has 1 unspecified atom stereocenters. The summed E-state index contributed by atoms with van der Waals surface area (Å²) in [4.78, 5) is 40.8. The van der Waals surface area contributed by atoms with E-state index in [0.717, 1.165) is 28.7 Å². The summed E-state index contributed by atoms with van der Waals surface area (Å²) in [5, 5.41) is 0. The number of nitrogens with zero attached hydrogens (tertiary/aromatic N) is 2. The number of hydrogen-bond donors (Lipinski definition) is 0. The summed E-state index contributed by atoms with van der Waals surface area (Å²) in [6.07, 6.45) is 1.98. The Morgan fingerprint density at radius 2 is 1.62 bits per heavy atom. The molecular weight excluding hydrogens is 428 g/mol. The van der Waals surface area contributed by atoms with Crippen molar-refractivity contribution in [2.75, 3.05) is 13.7 Å². The first-order chi connectivity index (χ1) is 16.6. The molecule has 0 aliphatic carbocycles. The van der Waals surface area contributed by atoms with Crippen molar-refractivity contribution in [3.05, 3.63) is 107 Å². The largest absolute Gasteiger partial charge is 0.465 e. The molecule has 3 aromatic carbocycles. The summed E-state index contributed by atoms with van der Waals surface area (Å²) in [7, 11) is 1.35. The zero-order valence-electron chi connectivity index (χ0n) is 19.2. The van der Waals surface area contributed by atoms with Gasteiger partial charge < -0.3 is 14.5 Å². The molecule has 0 saturated carbocycles. The van der Waals surface area contributed by atoms with Gasteiger partial charge in [0.1, 0.15) is 6.04 Å². The molecule has 0 radical (unpaired) electrons. The van der Waals surface area contributed by atoms with Crippen LogP contribution in [0.4, 0.5) is 0 Å². The quantitative estimate of drug-likeness (QED) is 0.384. The summed E-state index contributed by atoms with van der Waals surface area (Å²) in [5.74, 6) is -0.472. The van der Waals surface area contributed by atoms with E-state index in [-0.39, 0.29) is 5.91 Å². The Kier molecular flexibility index (Phi) is 7.38. The first kappa shape index (κ1) is 23.2. The van der Waals surface area contributed by atoms with Crippen molar-refractivity contribution in [1.82, 2.24) is 9.80 Å². The lowest BCUT2D eigenvalue weighted by atomic mass is 9.93. The van der Waals surface area contributed by atoms with Gasteiger partial charge in [0.15, 0.2) is 0 Å². The van der Waals surface area contributed by atoms with E-state index >= 15 is 0 Å². The van der Waals surface area contributed by atoms with Gasteiger partial charge in [0.05, 0.1) is 12.7 Å². The Balaban J connectivity index is 1.57. The van der Waals surface area contributed by atoms with Crippen molar-refractivity contribution in [3.8, 4) is 0 Å². The van der Waals surface area contributed by atoms with Crippen LogP contribution in [0.5, 0.6) is 0 Å². The van der Waals surface area contributed by atoms with Crippen molar-refractivity contribution >= 4 is 18.3 Å². The molecule has 3 aromatic rings. The number of hydrogen-bond acceptors (Lipinski definition) is 4. The lowest BCUT2D eigenvalue weighted by molar-refractivity contribution is -0.142. The number of carbonyl (C=O) groups is 3. The van der Waals surface area contributed by atoms with Crippen LogP contribution in [-0.2, 0) is 40.3 Å². The highest BCUT2D eigenvalue weighted by Crippen LogP contribution is 2.24. The fraction of sp³-hybridized carbons (Fsp3) is 0.250. The molecule has 1 aliphatic heterocycles. The Morgan fingerprint density at radius 1 is 0.941 bits per heavy atom. The zero-order chi connectivity index (χ0) is 23.9. The summed E-state index contributed by atoms with van der Waals surface area (Å²) in [5.41, 5.74) is 4.69. The molecule has 174 valence electrons. The summed E-state index contributed by atoms with van der Waals surface area (Å²) >= 11 is 0. The van der Waals surface area contributed by atoms with Gasteiger partial charge in [-0.1, -0.05) is 66.7 Å². The van der Waals surface area contributed by atoms with Crippen molar-refractivity contribution < 1.29 is 19.1 Å². The Labute approximate surface area is 199 Å². The third-order valence-corrected chi connectivity index (χ3v) is 6.28. The molecule has 2 amide bonds. The molecule has 1 aliphatic rings. The fourth-order valence-electron chi connectivity index (χ4n) is 4.35. The average molecular weight is 457 g/mol. The lowest BCUT2D eigenvalue weighted by Crippen LogP contribution is -2.51. The predicted octanol–water partition coefficient (Wildman–Crippen LogP) is 3.63. The monoisotopic (exact) mass is 456 g/mol. The van der Waals surface area contributed by atoms with Crippen LogP contribution >= 0.6 is 0 Å². The lowest BCUT2D eigenvalue weighted by Gasteiger charge is -2.36. The molecule has 0 fully saturated rings. The van der Waals surface area contributed by atoms with E-state index in [0.29, 0.717) is 38.0 Å². The van der Waals surface area contributed by atoms with Gasteiger partial charge in [0.25, 0.3) is 0 Å². The molecule has 1 heterocycles. The smallest absolute Gasteiger partial charge is 0.337 e. The molecule has 0 bridgehead atoms. The molecule has 4 rings (SSSR count). The standard InChI is InChI=1S/C28H28N2O4/c1-34-28(33)23-13-11-22(12-14-23)18-29(16-15-21-7-3-2-4-8-21)27(32)26-17-24-9-5-6-10-25(24)19-30(26)20-31/h2-14,20,26H,15-19H2,1H3. The van der Waals surface area contributed by atoms with Crippen molar-refractivity contribution in [3.63, 3.8) is 0 Å². The van der Waals surface area contributed by atoms with Gasteiger partial charge >= 0.3 is 5.97 Å². The summed E-state index contributed by atoms with van der Waals surface area (Å²) in [6.45, 7) is 1.33. The Hall–Kier alpha value is -3.93. The van der Waals surface area contributed by atoms with E-state index in [1.54, 1.807) is 17.0 Å². The van der Waals surface area contributed by atoms with E-state index in [1.807, 2.05) is 71.6 Å². The minimum atomic E-state index is -0.544. The molecule has 34 heavy (non-hydrogen) atoms. The van der Waals surface area contributed by atoms with Crippen LogP contribution < -0.4 is 0 Å². The van der Waals surface area contributed by atoms with Crippen molar-refractivity contribution in [2.45, 2.75) is 32.0 Å². The van der Waals surface area contributed by atoms with Gasteiger partial charge in [-0.2, -0.15) is 0 Å². The third-order valence-electron chi connectivity index (χ3n) is 6.28. The molecule has 0 spiro atoms. The highest BCUT2D eigenvalue weighted by atomic mass is 16.5. The molecular formula is C28H28N2O4. The number of esters is 1. The van der Waals surface area contributed by atoms with Crippen LogP contribution in [0.2, 0.25) is 0 Å². The zero-order valence-corrected chi connectivity index (χ0v) is 19.2. The van der Waals surface area contributed by atoms with Crippen molar-refractivity contribution in [2.24, 2.45) is 0 Å². The van der Waals surface area contributed by atoms with Crippen LogP contribution in [0.1, 0.15) is 32.6 Å². The van der Waals surface area contributed by atoms with Gasteiger partial charge in [-0.15, -0.1) is 0 Å². The Bertz CT molecular complexity index is 1140. The molecule has 0 N–H and O–H groups in total. The maximum atomic E-state index is 13.8. The van der Waals surface area contributed by atoms with E-state index in [9.17, 15) is 14.4 Å². The molecule has 1 atom stereocenters. The van der Waals surface area contributed by atoms with E-state index in [2.05, 4.69) is 0 Å². The maximum Gasteiger partial charge on any atom is 0.337 e. The second-order valence-electron chi connectivity index (χ2n) is 8.45. The highest BCUT2D eigenvalue weighted by molar-refractivity contribution is 5.89. The maximum absolute atomic E-state index is 13.8. The number of methoxy groups -OCH3 is 1. The number of fused-ring (bicyclic) bond motifs is 1. The number of rotatable bonds is 8. The predicted molar refractivity (Wildman–Crippen MR) is 129 cm³/mol. The number of amides is 2. The van der Waals surface area contributed by atoms with Crippen LogP contribution in [0, 0.1) is 0 Å².